The molecule has 0 saturated carbocycles. The van der Waals surface area contributed by atoms with E-state index in [1.54, 1.807) is 6.20 Å². The predicted octanol–water partition coefficient (Wildman–Crippen LogP) is 5.21. The van der Waals surface area contributed by atoms with Gasteiger partial charge in [0.25, 0.3) is 11.5 Å². The van der Waals surface area contributed by atoms with Crippen LogP contribution >= 0.6 is 0 Å². The number of benzene rings is 2. The minimum atomic E-state index is -0.410. The minimum absolute atomic E-state index is 0.110. The molecular weight excluding hydrogens is 552 g/mol. The first-order chi connectivity index (χ1) is 20.8. The fourth-order valence-electron chi connectivity index (χ4n) is 6.11. The van der Waals surface area contributed by atoms with Gasteiger partial charge in [-0.3, -0.25) is 19.1 Å². The van der Waals surface area contributed by atoms with Crippen LogP contribution < -0.4 is 10.9 Å². The van der Waals surface area contributed by atoms with E-state index in [0.717, 1.165) is 52.7 Å². The molecule has 2 N–H and O–H groups in total. The monoisotopic (exact) mass is 596 g/mol. The average molecular weight is 597 g/mol. The van der Waals surface area contributed by atoms with E-state index in [1.165, 1.54) is 5.56 Å². The van der Waals surface area contributed by atoms with E-state index in [1.807, 2.05) is 70.4 Å². The molecule has 2 amide bonds. The van der Waals surface area contributed by atoms with Gasteiger partial charge in [0, 0.05) is 48.2 Å². The maximum Gasteiger partial charge on any atom is 0.253 e. The topological polar surface area (TPSA) is 103 Å². The molecule has 0 unspecified atom stereocenters. The Labute approximate surface area is 259 Å². The number of carbonyl (C=O) groups excluding carboxylic acids is 2. The molecule has 9 nitrogen and oxygen atoms in total. The zero-order valence-electron chi connectivity index (χ0n) is 27.0. The molecule has 4 aromatic rings. The predicted molar refractivity (Wildman–Crippen MR) is 175 cm³/mol. The van der Waals surface area contributed by atoms with Crippen molar-refractivity contribution in [3.05, 3.63) is 87.0 Å². The fraction of sp³-hybridized carbons (Fsp3) is 0.429. The SMILES string of the molecule is Cc1cc(C)c(CNC(=O)c2cc(-c3ccc(CN(C)C)cc3)cc3c2cnn3C2CCN(C(=O)C(C)(C)C)CC2)c(=O)[nH]1. The van der Waals surface area contributed by atoms with Gasteiger partial charge in [0.15, 0.2) is 0 Å². The Morgan fingerprint density at radius 3 is 2.32 bits per heavy atom. The number of hydrogen-bond acceptors (Lipinski definition) is 5. The van der Waals surface area contributed by atoms with E-state index in [0.29, 0.717) is 24.2 Å². The number of hydrogen-bond donors (Lipinski definition) is 2. The van der Waals surface area contributed by atoms with E-state index in [9.17, 15) is 14.4 Å². The van der Waals surface area contributed by atoms with Gasteiger partial charge in [-0.2, -0.15) is 5.10 Å². The molecule has 44 heavy (non-hydrogen) atoms. The number of pyridine rings is 1. The number of nitrogens with zero attached hydrogens (tertiary/aromatic N) is 4. The number of aryl methyl sites for hydroxylation is 2. The number of nitrogens with one attached hydrogen (secondary N) is 2. The third-order valence-electron chi connectivity index (χ3n) is 8.41. The second-order valence-electron chi connectivity index (χ2n) is 13.4. The van der Waals surface area contributed by atoms with Crippen LogP contribution in [0.15, 0.2) is 53.5 Å². The Hall–Kier alpha value is -4.24. The molecule has 9 heteroatoms. The van der Waals surface area contributed by atoms with Gasteiger partial charge in [0.1, 0.15) is 0 Å². The lowest BCUT2D eigenvalue weighted by molar-refractivity contribution is -0.140. The summed E-state index contributed by atoms with van der Waals surface area (Å²) in [6, 6.07) is 14.5. The van der Waals surface area contributed by atoms with Gasteiger partial charge in [0.05, 0.1) is 23.3 Å². The van der Waals surface area contributed by atoms with Crippen LogP contribution in [0.3, 0.4) is 0 Å². The number of aromatic amines is 1. The lowest BCUT2D eigenvalue weighted by Crippen LogP contribution is -2.44. The number of aromatic nitrogens is 3. The van der Waals surface area contributed by atoms with E-state index in [4.69, 9.17) is 5.10 Å². The zero-order chi connectivity index (χ0) is 31.8. The Morgan fingerprint density at radius 2 is 1.70 bits per heavy atom. The molecule has 3 heterocycles. The molecule has 1 aliphatic heterocycles. The third kappa shape index (κ3) is 6.63. The Bertz CT molecular complexity index is 1740. The molecule has 2 aromatic carbocycles. The Kier molecular flexibility index (Phi) is 8.79. The van der Waals surface area contributed by atoms with Gasteiger partial charge in [-0.05, 0) is 81.2 Å². The summed E-state index contributed by atoms with van der Waals surface area (Å²) < 4.78 is 2.03. The normalized spacial score (nSPS) is 14.4. The second kappa shape index (κ2) is 12.4. The fourth-order valence-corrected chi connectivity index (χ4v) is 6.11. The van der Waals surface area contributed by atoms with Crippen LogP contribution in [0, 0.1) is 19.3 Å². The average Bonchev–Trinajstić information content (AvgIpc) is 3.39. The maximum atomic E-state index is 13.8. The first-order valence-electron chi connectivity index (χ1n) is 15.3. The number of piperidine rings is 1. The van der Waals surface area contributed by atoms with Crippen molar-refractivity contribution in [2.24, 2.45) is 5.41 Å². The number of carbonyl (C=O) groups is 2. The number of rotatable bonds is 7. The zero-order valence-corrected chi connectivity index (χ0v) is 27.0. The van der Waals surface area contributed by atoms with Crippen LogP contribution in [0.4, 0.5) is 0 Å². The smallest absolute Gasteiger partial charge is 0.253 e. The molecule has 232 valence electrons. The highest BCUT2D eigenvalue weighted by molar-refractivity contribution is 6.08. The second-order valence-corrected chi connectivity index (χ2v) is 13.4. The van der Waals surface area contributed by atoms with Crippen molar-refractivity contribution in [3.63, 3.8) is 0 Å². The number of likely N-dealkylation sites (tertiary alicyclic amines) is 1. The van der Waals surface area contributed by atoms with Gasteiger partial charge >= 0.3 is 0 Å². The van der Waals surface area contributed by atoms with E-state index < -0.39 is 5.41 Å². The number of H-pyrrole nitrogens is 1. The van der Waals surface area contributed by atoms with Crippen molar-refractivity contribution in [2.45, 2.75) is 66.6 Å². The molecule has 0 radical (unpaired) electrons. The summed E-state index contributed by atoms with van der Waals surface area (Å²) >= 11 is 0. The summed E-state index contributed by atoms with van der Waals surface area (Å²) in [6.07, 6.45) is 3.35. The minimum Gasteiger partial charge on any atom is -0.348 e. The summed E-state index contributed by atoms with van der Waals surface area (Å²) in [6.45, 7) is 11.9. The van der Waals surface area contributed by atoms with E-state index in [2.05, 4.69) is 45.5 Å². The first-order valence-corrected chi connectivity index (χ1v) is 15.3. The van der Waals surface area contributed by atoms with Crippen molar-refractivity contribution in [3.8, 4) is 11.1 Å². The van der Waals surface area contributed by atoms with Gasteiger partial charge in [-0.1, -0.05) is 45.0 Å². The summed E-state index contributed by atoms with van der Waals surface area (Å²) in [5, 5.41) is 8.55. The molecule has 0 atom stereocenters. The molecule has 1 fully saturated rings. The molecule has 2 aromatic heterocycles. The van der Waals surface area contributed by atoms with Crippen molar-refractivity contribution >= 4 is 22.7 Å². The molecule has 1 aliphatic rings. The van der Waals surface area contributed by atoms with Crippen LogP contribution in [0.25, 0.3) is 22.0 Å². The summed E-state index contributed by atoms with van der Waals surface area (Å²) in [4.78, 5) is 46.2. The van der Waals surface area contributed by atoms with Crippen molar-refractivity contribution < 1.29 is 9.59 Å². The van der Waals surface area contributed by atoms with Crippen LogP contribution in [0.1, 0.15) is 72.4 Å². The van der Waals surface area contributed by atoms with Crippen molar-refractivity contribution in [1.29, 1.82) is 0 Å². The van der Waals surface area contributed by atoms with Gasteiger partial charge < -0.3 is 20.1 Å². The molecule has 0 bridgehead atoms. The standard InChI is InChI=1S/C35H44N6O3/c1-22-16-23(2)38-33(43)29(22)19-36-32(42)28-17-26(25-10-8-24(9-11-25)21-39(6)7)18-31-30(28)20-37-41(31)27-12-14-40(15-13-27)34(44)35(3,4)5/h8-11,16-18,20,27H,12-15,19,21H2,1-7H3,(H,36,42)(H,38,43). The van der Waals surface area contributed by atoms with Crippen LogP contribution in [-0.4, -0.2) is 63.6 Å². The molecule has 0 spiro atoms. The Morgan fingerprint density at radius 1 is 1.02 bits per heavy atom. The molecule has 0 aliphatic carbocycles. The van der Waals surface area contributed by atoms with Crippen LogP contribution in [0.5, 0.6) is 0 Å². The summed E-state index contributed by atoms with van der Waals surface area (Å²) in [7, 11) is 4.09. The van der Waals surface area contributed by atoms with Gasteiger partial charge in [-0.25, -0.2) is 0 Å². The van der Waals surface area contributed by atoms with Gasteiger partial charge in [-0.15, -0.1) is 0 Å². The van der Waals surface area contributed by atoms with Crippen molar-refractivity contribution in [1.82, 2.24) is 29.9 Å². The van der Waals surface area contributed by atoms with E-state index in [-0.39, 0.29) is 30.0 Å². The lowest BCUT2D eigenvalue weighted by atomic mass is 9.93. The summed E-state index contributed by atoms with van der Waals surface area (Å²) in [5.74, 6) is -0.0894. The van der Waals surface area contributed by atoms with Gasteiger partial charge in [0.2, 0.25) is 5.91 Å². The first kappa shape index (κ1) is 31.2. The number of fused-ring (bicyclic) bond motifs is 1. The van der Waals surface area contributed by atoms with Crippen LogP contribution in [0.2, 0.25) is 0 Å². The maximum absolute atomic E-state index is 13.8. The summed E-state index contributed by atoms with van der Waals surface area (Å²) in [5.41, 5.74) is 6.10. The quantitative estimate of drug-likeness (QED) is 0.305. The van der Waals surface area contributed by atoms with Crippen LogP contribution in [-0.2, 0) is 17.9 Å². The highest BCUT2D eigenvalue weighted by Crippen LogP contribution is 2.33. The van der Waals surface area contributed by atoms with Crippen molar-refractivity contribution in [2.75, 3.05) is 27.2 Å². The highest BCUT2D eigenvalue weighted by Gasteiger charge is 2.31. The molecular formula is C35H44N6O3. The Balaban J connectivity index is 1.49. The largest absolute Gasteiger partial charge is 0.348 e. The number of amides is 2. The lowest BCUT2D eigenvalue weighted by Gasteiger charge is -2.36. The highest BCUT2D eigenvalue weighted by atomic mass is 16.2. The molecule has 1 saturated heterocycles. The third-order valence-corrected chi connectivity index (χ3v) is 8.41. The molecule has 5 rings (SSSR count). The van der Waals surface area contributed by atoms with E-state index >= 15 is 0 Å².